The predicted molar refractivity (Wildman–Crippen MR) is 124 cm³/mol. The molecule has 0 radical (unpaired) electrons. The Morgan fingerprint density at radius 3 is 2.35 bits per heavy atom. The van der Waals surface area contributed by atoms with Gasteiger partial charge in [-0.25, -0.2) is 0 Å². The van der Waals surface area contributed by atoms with Gasteiger partial charge in [0.2, 0.25) is 5.91 Å². The number of benzene rings is 1. The fraction of sp³-hybridized carbons (Fsp3) is 0.417. The smallest absolute Gasteiger partial charge is 0.233 e. The molecule has 3 heterocycles. The van der Waals surface area contributed by atoms with Crippen LogP contribution in [0.25, 0.3) is 17.1 Å². The van der Waals surface area contributed by atoms with Gasteiger partial charge in [0.1, 0.15) is 0 Å². The lowest BCUT2D eigenvalue weighted by Crippen LogP contribution is -2.43. The molecule has 1 aromatic carbocycles. The third-order valence-corrected chi connectivity index (χ3v) is 6.63. The van der Waals surface area contributed by atoms with Gasteiger partial charge in [-0.15, -0.1) is 10.2 Å². The Labute approximate surface area is 188 Å². The predicted octanol–water partition coefficient (Wildman–Crippen LogP) is 4.49. The minimum atomic E-state index is 0.171. The highest BCUT2D eigenvalue weighted by molar-refractivity contribution is 7.99. The lowest BCUT2D eigenvalue weighted by atomic mass is 9.92. The number of carbonyl (C=O) groups is 1. The van der Waals surface area contributed by atoms with Crippen molar-refractivity contribution in [2.45, 2.75) is 38.8 Å². The Hall–Kier alpha value is -2.67. The molecule has 2 atom stereocenters. The molecule has 2 unspecified atom stereocenters. The van der Waals surface area contributed by atoms with Gasteiger partial charge < -0.3 is 4.90 Å². The molecular formula is C24H29N5OS. The van der Waals surface area contributed by atoms with Gasteiger partial charge in [-0.3, -0.25) is 14.3 Å². The monoisotopic (exact) mass is 435 g/mol. The Bertz CT molecular complexity index is 1010. The fourth-order valence-corrected chi connectivity index (χ4v) is 5.10. The SMILES string of the molecule is CCc1ccc(-n2c(SCC(=O)N3CC(C)CC(C)C3)nnc2-c2ccncc2)cc1. The highest BCUT2D eigenvalue weighted by Gasteiger charge is 2.26. The number of amides is 1. The van der Waals surface area contributed by atoms with E-state index in [1.165, 1.54) is 23.7 Å². The molecule has 0 saturated carbocycles. The van der Waals surface area contributed by atoms with E-state index in [1.54, 1.807) is 12.4 Å². The molecule has 1 amide bonds. The number of pyridine rings is 1. The molecule has 1 fully saturated rings. The second-order valence-corrected chi connectivity index (χ2v) is 9.37. The molecule has 3 aromatic rings. The summed E-state index contributed by atoms with van der Waals surface area (Å²) in [4.78, 5) is 19.0. The van der Waals surface area contributed by atoms with Gasteiger partial charge in [0.25, 0.3) is 0 Å². The van der Waals surface area contributed by atoms with Crippen LogP contribution in [0.15, 0.2) is 53.9 Å². The van der Waals surface area contributed by atoms with E-state index in [0.29, 0.717) is 17.6 Å². The lowest BCUT2D eigenvalue weighted by molar-refractivity contribution is -0.130. The second-order valence-electron chi connectivity index (χ2n) is 8.43. The van der Waals surface area contributed by atoms with Crippen molar-refractivity contribution in [3.8, 4) is 17.1 Å². The van der Waals surface area contributed by atoms with Gasteiger partial charge in [0.15, 0.2) is 11.0 Å². The highest BCUT2D eigenvalue weighted by Crippen LogP contribution is 2.29. The molecule has 0 bridgehead atoms. The van der Waals surface area contributed by atoms with Crippen LogP contribution in [0, 0.1) is 11.8 Å². The molecule has 162 valence electrons. The minimum absolute atomic E-state index is 0.171. The first-order valence-corrected chi connectivity index (χ1v) is 11.9. The first-order chi connectivity index (χ1) is 15.0. The van der Waals surface area contributed by atoms with Crippen LogP contribution in [0.3, 0.4) is 0 Å². The zero-order valence-corrected chi connectivity index (χ0v) is 19.2. The molecule has 1 aliphatic heterocycles. The number of likely N-dealkylation sites (tertiary alicyclic amines) is 1. The summed E-state index contributed by atoms with van der Waals surface area (Å²) in [7, 11) is 0. The van der Waals surface area contributed by atoms with Crippen molar-refractivity contribution in [2.75, 3.05) is 18.8 Å². The van der Waals surface area contributed by atoms with Crippen LogP contribution in [0.1, 0.15) is 32.8 Å². The van der Waals surface area contributed by atoms with E-state index < -0.39 is 0 Å². The Morgan fingerprint density at radius 2 is 1.71 bits per heavy atom. The summed E-state index contributed by atoms with van der Waals surface area (Å²) in [6.45, 7) is 8.28. The summed E-state index contributed by atoms with van der Waals surface area (Å²) in [5.41, 5.74) is 3.21. The van der Waals surface area contributed by atoms with Gasteiger partial charge in [-0.2, -0.15) is 0 Å². The van der Waals surface area contributed by atoms with Crippen molar-refractivity contribution in [3.63, 3.8) is 0 Å². The Balaban J connectivity index is 1.60. The molecule has 7 heteroatoms. The molecular weight excluding hydrogens is 406 g/mol. The summed E-state index contributed by atoms with van der Waals surface area (Å²) in [5, 5.41) is 9.63. The number of rotatable bonds is 6. The van der Waals surface area contributed by atoms with Crippen LogP contribution in [-0.4, -0.2) is 49.4 Å². The van der Waals surface area contributed by atoms with Crippen LogP contribution in [0.4, 0.5) is 0 Å². The van der Waals surface area contributed by atoms with Crippen LogP contribution in [0.5, 0.6) is 0 Å². The molecule has 31 heavy (non-hydrogen) atoms. The molecule has 0 N–H and O–H groups in total. The number of nitrogens with zero attached hydrogens (tertiary/aromatic N) is 5. The number of hydrogen-bond acceptors (Lipinski definition) is 5. The average molecular weight is 436 g/mol. The van der Waals surface area contributed by atoms with Crippen molar-refractivity contribution in [1.82, 2.24) is 24.6 Å². The van der Waals surface area contributed by atoms with E-state index in [2.05, 4.69) is 60.2 Å². The van der Waals surface area contributed by atoms with E-state index in [4.69, 9.17) is 0 Å². The van der Waals surface area contributed by atoms with Crippen molar-refractivity contribution in [1.29, 1.82) is 0 Å². The molecule has 2 aromatic heterocycles. The van der Waals surface area contributed by atoms with Gasteiger partial charge in [0.05, 0.1) is 5.75 Å². The quantitative estimate of drug-likeness (QED) is 0.534. The van der Waals surface area contributed by atoms with Crippen molar-refractivity contribution in [3.05, 3.63) is 54.4 Å². The molecule has 0 spiro atoms. The average Bonchev–Trinajstić information content (AvgIpc) is 3.21. The first-order valence-electron chi connectivity index (χ1n) is 10.9. The van der Waals surface area contributed by atoms with Crippen LogP contribution in [0.2, 0.25) is 0 Å². The number of carbonyl (C=O) groups excluding carboxylic acids is 1. The van der Waals surface area contributed by atoms with Crippen LogP contribution < -0.4 is 0 Å². The third kappa shape index (κ3) is 4.98. The number of aryl methyl sites for hydroxylation is 1. The second kappa shape index (κ2) is 9.64. The first kappa shape index (κ1) is 21.6. The largest absolute Gasteiger partial charge is 0.341 e. The maximum absolute atomic E-state index is 12.9. The number of aromatic nitrogens is 4. The third-order valence-electron chi connectivity index (χ3n) is 5.72. The van der Waals surface area contributed by atoms with E-state index in [1.807, 2.05) is 21.6 Å². The van der Waals surface area contributed by atoms with E-state index in [-0.39, 0.29) is 5.91 Å². The highest BCUT2D eigenvalue weighted by atomic mass is 32.2. The van der Waals surface area contributed by atoms with Gasteiger partial charge >= 0.3 is 0 Å². The number of piperidine rings is 1. The summed E-state index contributed by atoms with van der Waals surface area (Å²) in [5.74, 6) is 2.39. The minimum Gasteiger partial charge on any atom is -0.341 e. The maximum Gasteiger partial charge on any atom is 0.233 e. The Morgan fingerprint density at radius 1 is 1.03 bits per heavy atom. The molecule has 0 aliphatic carbocycles. The number of thioether (sulfide) groups is 1. The fourth-order valence-electron chi connectivity index (χ4n) is 4.25. The van der Waals surface area contributed by atoms with E-state index >= 15 is 0 Å². The van der Waals surface area contributed by atoms with Crippen molar-refractivity contribution >= 4 is 17.7 Å². The molecule has 4 rings (SSSR count). The molecule has 1 aliphatic rings. The summed E-state index contributed by atoms with van der Waals surface area (Å²) in [6, 6.07) is 12.3. The Kier molecular flexibility index (Phi) is 6.70. The van der Waals surface area contributed by atoms with Gasteiger partial charge in [-0.05, 0) is 54.5 Å². The van der Waals surface area contributed by atoms with Crippen LogP contribution >= 0.6 is 11.8 Å². The van der Waals surface area contributed by atoms with E-state index in [9.17, 15) is 4.79 Å². The maximum atomic E-state index is 12.9. The topological polar surface area (TPSA) is 63.9 Å². The van der Waals surface area contributed by atoms with Crippen LogP contribution in [-0.2, 0) is 11.2 Å². The lowest BCUT2D eigenvalue weighted by Gasteiger charge is -2.34. The van der Waals surface area contributed by atoms with Crippen molar-refractivity contribution < 1.29 is 4.79 Å². The van der Waals surface area contributed by atoms with Gasteiger partial charge in [-0.1, -0.05) is 44.7 Å². The zero-order chi connectivity index (χ0) is 21.8. The van der Waals surface area contributed by atoms with Crippen molar-refractivity contribution in [2.24, 2.45) is 11.8 Å². The zero-order valence-electron chi connectivity index (χ0n) is 18.4. The standard InChI is InChI=1S/C24H29N5OS/c1-4-19-5-7-21(8-6-19)29-23(20-9-11-25-12-10-20)26-27-24(29)31-16-22(30)28-14-17(2)13-18(3)15-28/h5-12,17-18H,4,13-16H2,1-3H3. The van der Waals surface area contributed by atoms with E-state index in [0.717, 1.165) is 41.7 Å². The number of hydrogen-bond donors (Lipinski definition) is 0. The molecule has 1 saturated heterocycles. The summed E-state index contributed by atoms with van der Waals surface area (Å²) < 4.78 is 2.04. The molecule has 6 nitrogen and oxygen atoms in total. The normalized spacial score (nSPS) is 18.9. The summed E-state index contributed by atoms with van der Waals surface area (Å²) >= 11 is 1.45. The van der Waals surface area contributed by atoms with Gasteiger partial charge in [0, 0.05) is 36.7 Å². The summed E-state index contributed by atoms with van der Waals surface area (Å²) in [6.07, 6.45) is 5.68.